The van der Waals surface area contributed by atoms with Crippen molar-refractivity contribution < 1.29 is 9.47 Å². The average molecular weight is 287 g/mol. The van der Waals surface area contributed by atoms with Gasteiger partial charge in [0.1, 0.15) is 23.6 Å². The third-order valence-electron chi connectivity index (χ3n) is 3.23. The van der Waals surface area contributed by atoms with Crippen LogP contribution in [0.2, 0.25) is 0 Å². The number of aromatic nitrogens is 2. The van der Waals surface area contributed by atoms with E-state index in [1.165, 1.54) is 0 Å². The minimum absolute atomic E-state index is 0.379. The molecule has 2 rings (SSSR count). The van der Waals surface area contributed by atoms with Gasteiger partial charge in [-0.3, -0.25) is 0 Å². The predicted octanol–water partition coefficient (Wildman–Crippen LogP) is 3.23. The lowest BCUT2D eigenvalue weighted by atomic mass is 10.1. The molecule has 5 heteroatoms. The van der Waals surface area contributed by atoms with Crippen LogP contribution in [0.1, 0.15) is 31.0 Å². The van der Waals surface area contributed by atoms with Crippen LogP contribution >= 0.6 is 0 Å². The van der Waals surface area contributed by atoms with Gasteiger partial charge in [-0.2, -0.15) is 0 Å². The maximum Gasteiger partial charge on any atom is 0.129 e. The molecule has 0 fully saturated rings. The van der Waals surface area contributed by atoms with Crippen molar-refractivity contribution in [3.8, 4) is 11.5 Å². The van der Waals surface area contributed by atoms with Crippen LogP contribution in [0.3, 0.4) is 0 Å². The first-order valence-electron chi connectivity index (χ1n) is 6.90. The molecule has 1 N–H and O–H groups in total. The highest BCUT2D eigenvalue weighted by Gasteiger charge is 2.07. The van der Waals surface area contributed by atoms with Crippen molar-refractivity contribution in [2.75, 3.05) is 19.5 Å². The molecule has 5 nitrogen and oxygen atoms in total. The van der Waals surface area contributed by atoms with Crippen LogP contribution in [-0.2, 0) is 6.54 Å². The number of benzene rings is 1. The number of rotatable bonds is 6. The molecular weight excluding hydrogens is 266 g/mol. The summed E-state index contributed by atoms with van der Waals surface area (Å²) in [7, 11) is 3.29. The third-order valence-corrected chi connectivity index (χ3v) is 3.23. The molecule has 0 aliphatic heterocycles. The van der Waals surface area contributed by atoms with E-state index in [9.17, 15) is 0 Å². The molecule has 2 aromatic rings. The van der Waals surface area contributed by atoms with Crippen LogP contribution in [0.25, 0.3) is 0 Å². The molecule has 112 valence electrons. The van der Waals surface area contributed by atoms with Crippen LogP contribution in [0.4, 0.5) is 5.82 Å². The van der Waals surface area contributed by atoms with Gasteiger partial charge in [0.15, 0.2) is 0 Å². The first kappa shape index (κ1) is 15.1. The fraction of sp³-hybridized carbons (Fsp3) is 0.375. The van der Waals surface area contributed by atoms with E-state index in [1.807, 2.05) is 24.3 Å². The molecule has 0 spiro atoms. The fourth-order valence-corrected chi connectivity index (χ4v) is 1.97. The molecule has 0 radical (unpaired) electrons. The standard InChI is InChI=1S/C16H21N3O2/c1-11(2)14-8-16(19-10-18-14)17-9-12-5-6-13(20-3)7-15(12)21-4/h5-8,10-11H,9H2,1-4H3,(H,17,18,19). The molecule has 0 bridgehead atoms. The van der Waals surface area contributed by atoms with Crippen molar-refractivity contribution in [3.63, 3.8) is 0 Å². The van der Waals surface area contributed by atoms with Crippen molar-refractivity contribution in [3.05, 3.63) is 41.9 Å². The van der Waals surface area contributed by atoms with Gasteiger partial charge in [0.25, 0.3) is 0 Å². The van der Waals surface area contributed by atoms with Crippen LogP contribution < -0.4 is 14.8 Å². The Balaban J connectivity index is 2.11. The molecule has 1 heterocycles. The maximum absolute atomic E-state index is 5.39. The summed E-state index contributed by atoms with van der Waals surface area (Å²) in [5.41, 5.74) is 2.07. The predicted molar refractivity (Wildman–Crippen MR) is 83.0 cm³/mol. The number of anilines is 1. The molecule has 0 unspecified atom stereocenters. The summed E-state index contributed by atoms with van der Waals surface area (Å²) in [5.74, 6) is 2.76. The van der Waals surface area contributed by atoms with E-state index in [4.69, 9.17) is 9.47 Å². The Labute approximate surface area is 125 Å². The number of hydrogen-bond acceptors (Lipinski definition) is 5. The summed E-state index contributed by atoms with van der Waals surface area (Å²) >= 11 is 0. The summed E-state index contributed by atoms with van der Waals surface area (Å²) in [6.45, 7) is 4.85. The zero-order valence-corrected chi connectivity index (χ0v) is 12.9. The second-order valence-electron chi connectivity index (χ2n) is 5.01. The zero-order valence-electron chi connectivity index (χ0n) is 12.9. The SMILES string of the molecule is COc1ccc(CNc2cc(C(C)C)ncn2)c(OC)c1. The highest BCUT2D eigenvalue weighted by molar-refractivity contribution is 5.44. The molecule has 0 aliphatic carbocycles. The van der Waals surface area contributed by atoms with E-state index in [2.05, 4.69) is 29.1 Å². The molecule has 1 aromatic heterocycles. The van der Waals surface area contributed by atoms with E-state index in [0.717, 1.165) is 28.6 Å². The van der Waals surface area contributed by atoms with E-state index in [0.29, 0.717) is 12.5 Å². The van der Waals surface area contributed by atoms with Crippen molar-refractivity contribution in [2.45, 2.75) is 26.3 Å². The van der Waals surface area contributed by atoms with E-state index < -0.39 is 0 Å². The Kier molecular flexibility index (Phi) is 4.98. The quantitative estimate of drug-likeness (QED) is 0.884. The van der Waals surface area contributed by atoms with Crippen molar-refractivity contribution >= 4 is 5.82 Å². The van der Waals surface area contributed by atoms with Gasteiger partial charge in [-0.05, 0) is 18.1 Å². The second-order valence-corrected chi connectivity index (χ2v) is 5.01. The minimum Gasteiger partial charge on any atom is -0.497 e. The number of hydrogen-bond donors (Lipinski definition) is 1. The fourth-order valence-electron chi connectivity index (χ4n) is 1.97. The van der Waals surface area contributed by atoms with E-state index in [1.54, 1.807) is 20.5 Å². The van der Waals surface area contributed by atoms with Gasteiger partial charge >= 0.3 is 0 Å². The molecule has 21 heavy (non-hydrogen) atoms. The summed E-state index contributed by atoms with van der Waals surface area (Å²) in [6, 6.07) is 7.74. The van der Waals surface area contributed by atoms with E-state index in [-0.39, 0.29) is 0 Å². The van der Waals surface area contributed by atoms with E-state index >= 15 is 0 Å². The van der Waals surface area contributed by atoms with Crippen molar-refractivity contribution in [2.24, 2.45) is 0 Å². The molecule has 0 saturated carbocycles. The molecule has 0 aliphatic rings. The van der Waals surface area contributed by atoms with Crippen LogP contribution in [0.5, 0.6) is 11.5 Å². The lowest BCUT2D eigenvalue weighted by molar-refractivity contribution is 0.391. The monoisotopic (exact) mass is 287 g/mol. The highest BCUT2D eigenvalue weighted by Crippen LogP contribution is 2.25. The van der Waals surface area contributed by atoms with Gasteiger partial charge in [0.05, 0.1) is 14.2 Å². The molecule has 0 atom stereocenters. The van der Waals surface area contributed by atoms with Gasteiger partial charge in [-0.15, -0.1) is 0 Å². The molecular formula is C16H21N3O2. The van der Waals surface area contributed by atoms with Gasteiger partial charge in [0, 0.05) is 29.9 Å². The molecule has 0 amide bonds. The Morgan fingerprint density at radius 1 is 1.10 bits per heavy atom. The summed E-state index contributed by atoms with van der Waals surface area (Å²) in [6.07, 6.45) is 1.59. The second kappa shape index (κ2) is 6.92. The molecule has 1 aromatic carbocycles. The topological polar surface area (TPSA) is 56.3 Å². The minimum atomic E-state index is 0.379. The van der Waals surface area contributed by atoms with Crippen LogP contribution in [-0.4, -0.2) is 24.2 Å². The Morgan fingerprint density at radius 2 is 1.90 bits per heavy atom. The number of nitrogens with one attached hydrogen (secondary N) is 1. The third kappa shape index (κ3) is 3.84. The first-order chi connectivity index (χ1) is 10.1. The normalized spacial score (nSPS) is 10.5. The van der Waals surface area contributed by atoms with Gasteiger partial charge in [0.2, 0.25) is 0 Å². The zero-order chi connectivity index (χ0) is 15.2. The Morgan fingerprint density at radius 3 is 2.57 bits per heavy atom. The lowest BCUT2D eigenvalue weighted by Crippen LogP contribution is -2.05. The highest BCUT2D eigenvalue weighted by atomic mass is 16.5. The average Bonchev–Trinajstić information content (AvgIpc) is 2.53. The van der Waals surface area contributed by atoms with Crippen molar-refractivity contribution in [1.29, 1.82) is 0 Å². The number of nitrogens with zero attached hydrogens (tertiary/aromatic N) is 2. The summed E-state index contributed by atoms with van der Waals surface area (Å²) < 4.78 is 10.6. The lowest BCUT2D eigenvalue weighted by Gasteiger charge is -2.12. The van der Waals surface area contributed by atoms with Gasteiger partial charge < -0.3 is 14.8 Å². The maximum atomic E-state index is 5.39. The summed E-state index contributed by atoms with van der Waals surface area (Å²) in [5, 5.41) is 3.30. The van der Waals surface area contributed by atoms with Crippen molar-refractivity contribution in [1.82, 2.24) is 9.97 Å². The smallest absolute Gasteiger partial charge is 0.129 e. The number of methoxy groups -OCH3 is 2. The van der Waals surface area contributed by atoms with Gasteiger partial charge in [-0.25, -0.2) is 9.97 Å². The Bertz CT molecular complexity index is 600. The largest absolute Gasteiger partial charge is 0.497 e. The Hall–Kier alpha value is -2.30. The summed E-state index contributed by atoms with van der Waals surface area (Å²) in [4.78, 5) is 8.50. The number of ether oxygens (including phenoxy) is 2. The van der Waals surface area contributed by atoms with Crippen LogP contribution in [0.15, 0.2) is 30.6 Å². The molecule has 0 saturated heterocycles. The van der Waals surface area contributed by atoms with Gasteiger partial charge in [-0.1, -0.05) is 13.8 Å². The first-order valence-corrected chi connectivity index (χ1v) is 6.90. The van der Waals surface area contributed by atoms with Crippen LogP contribution in [0, 0.1) is 0 Å².